The zero-order valence-electron chi connectivity index (χ0n) is 21.3. The second kappa shape index (κ2) is 11.3. The van der Waals surface area contributed by atoms with E-state index in [9.17, 15) is 15.0 Å². The highest BCUT2D eigenvalue weighted by Crippen LogP contribution is 2.29. The van der Waals surface area contributed by atoms with Gasteiger partial charge in [0.2, 0.25) is 0 Å². The van der Waals surface area contributed by atoms with Crippen LogP contribution in [0.1, 0.15) is 52.8 Å². The Bertz CT molecular complexity index is 1560. The molecule has 0 bridgehead atoms. The number of hydrogen-bond acceptors (Lipinski definition) is 5. The van der Waals surface area contributed by atoms with Crippen molar-refractivity contribution in [3.63, 3.8) is 0 Å². The summed E-state index contributed by atoms with van der Waals surface area (Å²) in [7, 11) is 0. The van der Waals surface area contributed by atoms with Gasteiger partial charge in [-0.15, -0.1) is 10.2 Å². The third-order valence-corrected chi connectivity index (χ3v) is 6.81. The molecule has 0 saturated carbocycles. The molecular weight excluding hydrogens is 476 g/mol. The lowest BCUT2D eigenvalue weighted by atomic mass is 9.99. The molecule has 0 aliphatic rings. The van der Waals surface area contributed by atoms with Crippen LogP contribution in [0, 0.1) is 0 Å². The quantitative estimate of drug-likeness (QED) is 0.238. The molecular formula is C31H30N4O3. The number of imidazole rings is 1. The van der Waals surface area contributed by atoms with Gasteiger partial charge < -0.3 is 14.8 Å². The van der Waals surface area contributed by atoms with Gasteiger partial charge in [0, 0.05) is 13.0 Å². The summed E-state index contributed by atoms with van der Waals surface area (Å²) in [5.41, 5.74) is 6.10. The largest absolute Gasteiger partial charge is 0.491 e. The lowest BCUT2D eigenvalue weighted by Crippen LogP contribution is -2.06. The molecule has 2 N–H and O–H groups in total. The number of hydrogen-bond donors (Lipinski definition) is 2. The van der Waals surface area contributed by atoms with Crippen molar-refractivity contribution in [3.05, 3.63) is 107 Å². The second-order valence-corrected chi connectivity index (χ2v) is 9.42. The monoisotopic (exact) mass is 506 g/mol. The van der Waals surface area contributed by atoms with E-state index in [1.54, 1.807) is 12.1 Å². The van der Waals surface area contributed by atoms with E-state index in [4.69, 9.17) is 4.98 Å². The summed E-state index contributed by atoms with van der Waals surface area (Å²) in [4.78, 5) is 16.6. The SMILES string of the molecule is CCCCc1nc2c(CCc3ccccc3)nnc(O)c2n1Cc1ccc(-c2ccccc2C(=O)O)cc1. The van der Waals surface area contributed by atoms with Crippen LogP contribution in [0.5, 0.6) is 5.88 Å². The summed E-state index contributed by atoms with van der Waals surface area (Å²) in [6.07, 6.45) is 4.29. The van der Waals surface area contributed by atoms with Crippen molar-refractivity contribution in [2.75, 3.05) is 0 Å². The average Bonchev–Trinajstić information content (AvgIpc) is 3.31. The normalized spacial score (nSPS) is 11.2. The van der Waals surface area contributed by atoms with Gasteiger partial charge in [-0.3, -0.25) is 0 Å². The zero-order valence-corrected chi connectivity index (χ0v) is 21.3. The molecule has 0 radical (unpaired) electrons. The molecule has 192 valence electrons. The van der Waals surface area contributed by atoms with Crippen molar-refractivity contribution >= 4 is 17.0 Å². The summed E-state index contributed by atoms with van der Waals surface area (Å²) in [6, 6.07) is 25.1. The van der Waals surface area contributed by atoms with Crippen molar-refractivity contribution in [2.45, 2.75) is 45.6 Å². The van der Waals surface area contributed by atoms with Crippen LogP contribution in [-0.4, -0.2) is 35.9 Å². The molecule has 7 heteroatoms. The van der Waals surface area contributed by atoms with Crippen molar-refractivity contribution in [3.8, 4) is 17.0 Å². The molecule has 3 aromatic carbocycles. The van der Waals surface area contributed by atoms with Gasteiger partial charge in [-0.05, 0) is 47.6 Å². The van der Waals surface area contributed by atoms with E-state index in [0.717, 1.165) is 48.3 Å². The molecule has 0 atom stereocenters. The summed E-state index contributed by atoms with van der Waals surface area (Å²) in [6.45, 7) is 2.65. The minimum atomic E-state index is -0.949. The van der Waals surface area contributed by atoms with Crippen LogP contribution in [0.3, 0.4) is 0 Å². The van der Waals surface area contributed by atoms with Gasteiger partial charge in [0.05, 0.1) is 11.3 Å². The van der Waals surface area contributed by atoms with Gasteiger partial charge in [-0.1, -0.05) is 86.1 Å². The second-order valence-electron chi connectivity index (χ2n) is 9.42. The Morgan fingerprint density at radius 1 is 0.842 bits per heavy atom. The molecule has 0 aliphatic heterocycles. The van der Waals surface area contributed by atoms with Crippen LogP contribution >= 0.6 is 0 Å². The molecule has 2 heterocycles. The van der Waals surface area contributed by atoms with Crippen LogP contribution in [0.25, 0.3) is 22.2 Å². The molecule has 0 fully saturated rings. The van der Waals surface area contributed by atoms with E-state index in [1.165, 1.54) is 5.56 Å². The standard InChI is InChI=1S/C31H30N4O3/c1-2-3-13-27-32-28-26(19-16-21-9-5-4-6-10-21)33-34-30(36)29(28)35(27)20-22-14-17-23(18-15-22)24-11-7-8-12-25(24)31(37)38/h4-12,14-15,17-18H,2-3,13,16,19-20H2,1H3,(H,34,36)(H,37,38). The number of rotatable bonds is 10. The first-order valence-electron chi connectivity index (χ1n) is 12.9. The van der Waals surface area contributed by atoms with E-state index in [2.05, 4.69) is 29.3 Å². The van der Waals surface area contributed by atoms with Crippen molar-refractivity contribution < 1.29 is 15.0 Å². The molecule has 0 aliphatic carbocycles. The molecule has 7 nitrogen and oxygen atoms in total. The molecule has 0 amide bonds. The Kier molecular flexibility index (Phi) is 7.45. The van der Waals surface area contributed by atoms with Gasteiger partial charge >= 0.3 is 5.97 Å². The maximum Gasteiger partial charge on any atom is 0.336 e. The van der Waals surface area contributed by atoms with Gasteiger partial charge in [0.15, 0.2) is 0 Å². The summed E-state index contributed by atoms with van der Waals surface area (Å²) in [5.74, 6) is -0.172. The summed E-state index contributed by atoms with van der Waals surface area (Å²) >= 11 is 0. The zero-order chi connectivity index (χ0) is 26.5. The highest BCUT2D eigenvalue weighted by Gasteiger charge is 2.20. The Labute approximate surface area is 221 Å². The van der Waals surface area contributed by atoms with Crippen molar-refractivity contribution in [1.82, 2.24) is 19.7 Å². The van der Waals surface area contributed by atoms with Gasteiger partial charge in [-0.25, -0.2) is 9.78 Å². The van der Waals surface area contributed by atoms with Crippen LogP contribution in [0.2, 0.25) is 0 Å². The number of aromatic hydroxyl groups is 1. The molecule has 2 aromatic heterocycles. The average molecular weight is 507 g/mol. The highest BCUT2D eigenvalue weighted by molar-refractivity contribution is 5.96. The van der Waals surface area contributed by atoms with Crippen LogP contribution in [0.4, 0.5) is 0 Å². The Morgan fingerprint density at radius 2 is 1.58 bits per heavy atom. The fraction of sp³-hybridized carbons (Fsp3) is 0.226. The Hall–Kier alpha value is -4.52. The number of carboxylic acid groups (broad SMARTS) is 1. The fourth-order valence-electron chi connectivity index (χ4n) is 4.80. The third-order valence-electron chi connectivity index (χ3n) is 6.81. The van der Waals surface area contributed by atoms with Crippen molar-refractivity contribution in [1.29, 1.82) is 0 Å². The number of benzene rings is 3. The molecule has 0 spiro atoms. The smallest absolute Gasteiger partial charge is 0.336 e. The van der Waals surface area contributed by atoms with Crippen LogP contribution in [-0.2, 0) is 25.8 Å². The summed E-state index contributed by atoms with van der Waals surface area (Å²) < 4.78 is 2.04. The van der Waals surface area contributed by atoms with E-state index in [1.807, 2.05) is 59.2 Å². The minimum Gasteiger partial charge on any atom is -0.491 e. The van der Waals surface area contributed by atoms with E-state index >= 15 is 0 Å². The number of fused-ring (bicyclic) bond motifs is 1. The topological polar surface area (TPSA) is 101 Å². The van der Waals surface area contributed by atoms with Gasteiger partial charge in [0.1, 0.15) is 16.9 Å². The molecule has 0 saturated heterocycles. The van der Waals surface area contributed by atoms with E-state index in [-0.39, 0.29) is 11.4 Å². The van der Waals surface area contributed by atoms with E-state index < -0.39 is 5.97 Å². The molecule has 5 rings (SSSR count). The predicted octanol–water partition coefficient (Wildman–Crippen LogP) is 6.07. The van der Waals surface area contributed by atoms with Gasteiger partial charge in [0.25, 0.3) is 5.88 Å². The summed E-state index contributed by atoms with van der Waals surface area (Å²) in [5, 5.41) is 28.7. The number of aromatic carboxylic acids is 1. The van der Waals surface area contributed by atoms with Crippen molar-refractivity contribution in [2.24, 2.45) is 0 Å². The Balaban J connectivity index is 1.48. The predicted molar refractivity (Wildman–Crippen MR) is 147 cm³/mol. The Morgan fingerprint density at radius 3 is 2.32 bits per heavy atom. The van der Waals surface area contributed by atoms with Crippen LogP contribution in [0.15, 0.2) is 78.9 Å². The maximum absolute atomic E-state index is 11.7. The fourth-order valence-corrected chi connectivity index (χ4v) is 4.80. The number of carboxylic acids is 1. The lowest BCUT2D eigenvalue weighted by molar-refractivity contribution is 0.0697. The third kappa shape index (κ3) is 5.27. The minimum absolute atomic E-state index is 0.120. The highest BCUT2D eigenvalue weighted by atomic mass is 16.4. The first-order valence-corrected chi connectivity index (χ1v) is 12.9. The molecule has 5 aromatic rings. The molecule has 38 heavy (non-hydrogen) atoms. The first kappa shape index (κ1) is 25.1. The number of aryl methyl sites for hydroxylation is 3. The number of carbonyl (C=O) groups is 1. The number of unbranched alkanes of at least 4 members (excludes halogenated alkanes) is 1. The maximum atomic E-state index is 11.7. The first-order chi connectivity index (χ1) is 18.5. The van der Waals surface area contributed by atoms with Crippen LogP contribution < -0.4 is 0 Å². The molecule has 0 unspecified atom stereocenters. The van der Waals surface area contributed by atoms with E-state index in [0.29, 0.717) is 29.6 Å². The number of nitrogens with zero attached hydrogens (tertiary/aromatic N) is 4. The van der Waals surface area contributed by atoms with Gasteiger partial charge in [-0.2, -0.15) is 0 Å². The number of aromatic nitrogens is 4. The lowest BCUT2D eigenvalue weighted by Gasteiger charge is -2.11.